The normalized spacial score (nSPS) is 20.3. The van der Waals surface area contributed by atoms with Gasteiger partial charge in [0.2, 0.25) is 21.8 Å². The summed E-state index contributed by atoms with van der Waals surface area (Å²) in [5.41, 5.74) is -1.71. The van der Waals surface area contributed by atoms with Crippen molar-refractivity contribution in [3.05, 3.63) is 77.6 Å². The zero-order valence-electron chi connectivity index (χ0n) is 20.8. The van der Waals surface area contributed by atoms with Crippen molar-refractivity contribution in [2.24, 2.45) is 0 Å². The number of hydrogen-bond acceptors (Lipinski definition) is 5. The lowest BCUT2D eigenvalue weighted by molar-refractivity contribution is -0.145. The van der Waals surface area contributed by atoms with E-state index in [4.69, 9.17) is 0 Å². The van der Waals surface area contributed by atoms with Gasteiger partial charge in [-0.1, -0.05) is 6.07 Å². The van der Waals surface area contributed by atoms with Crippen molar-refractivity contribution in [2.45, 2.75) is 55.4 Å². The number of hydrogen-bond donors (Lipinski definition) is 1. The van der Waals surface area contributed by atoms with Crippen molar-refractivity contribution >= 4 is 15.9 Å². The largest absolute Gasteiger partial charge is 0.451 e. The van der Waals surface area contributed by atoms with E-state index >= 15 is 0 Å². The summed E-state index contributed by atoms with van der Waals surface area (Å²) in [6, 6.07) is 3.28. The zero-order valence-corrected chi connectivity index (χ0v) is 21.7. The average molecular weight is 609 g/mol. The van der Waals surface area contributed by atoms with Gasteiger partial charge in [-0.25, -0.2) is 27.2 Å². The summed E-state index contributed by atoms with van der Waals surface area (Å²) in [5.74, 6) is -3.27. The summed E-state index contributed by atoms with van der Waals surface area (Å²) in [7, 11) is -4.51. The minimum Gasteiger partial charge on any atom is -0.351 e. The predicted octanol–water partition coefficient (Wildman–Crippen LogP) is 5.13. The van der Waals surface area contributed by atoms with Gasteiger partial charge in [-0.3, -0.25) is 4.79 Å². The van der Waals surface area contributed by atoms with Crippen LogP contribution in [0.3, 0.4) is 0 Å². The Bertz CT molecular complexity index is 1530. The van der Waals surface area contributed by atoms with Crippen LogP contribution in [-0.2, 0) is 33.7 Å². The van der Waals surface area contributed by atoms with E-state index in [0.29, 0.717) is 10.4 Å². The van der Waals surface area contributed by atoms with Gasteiger partial charge in [-0.05, 0) is 54.4 Å². The molecular formula is C25H20F8N4O3S. The van der Waals surface area contributed by atoms with E-state index in [9.17, 15) is 48.3 Å². The Morgan fingerprint density at radius 3 is 2.15 bits per heavy atom. The first-order valence-corrected chi connectivity index (χ1v) is 13.2. The molecule has 0 bridgehead atoms. The Hall–Kier alpha value is -3.66. The molecule has 1 aromatic heterocycles. The van der Waals surface area contributed by atoms with Crippen molar-refractivity contribution in [1.82, 2.24) is 19.6 Å². The number of halogens is 8. The van der Waals surface area contributed by atoms with Crippen LogP contribution in [0.2, 0.25) is 0 Å². The van der Waals surface area contributed by atoms with Crippen LogP contribution in [0.5, 0.6) is 0 Å². The molecule has 0 spiro atoms. The molecule has 1 N–H and O–H groups in total. The van der Waals surface area contributed by atoms with E-state index in [2.05, 4.69) is 15.3 Å². The molecule has 2 heterocycles. The standard InChI is InChI=1S/C25H20F8N4O3S/c1-13-20(27)9-21(37(13)41(39,40)18-5-3-17(26)4-6-18)22(38)34-10-15-8-14(2-7-19(15)24(28,29)30)16-11-35-23(36-12-16)25(31,32)33/h2-8,11-13,20-21H,9-10H2,1H3,(H,34,38). The third-order valence-corrected chi connectivity index (χ3v) is 8.48. The predicted molar refractivity (Wildman–Crippen MR) is 128 cm³/mol. The van der Waals surface area contributed by atoms with Crippen LogP contribution in [0.4, 0.5) is 35.1 Å². The first kappa shape index (κ1) is 30.3. The van der Waals surface area contributed by atoms with Crippen LogP contribution < -0.4 is 5.32 Å². The van der Waals surface area contributed by atoms with Crippen LogP contribution in [-0.4, -0.2) is 46.9 Å². The maximum atomic E-state index is 14.6. The molecule has 1 amide bonds. The van der Waals surface area contributed by atoms with E-state index in [-0.39, 0.29) is 11.1 Å². The number of aromatic nitrogens is 2. The quantitative estimate of drug-likeness (QED) is 0.392. The summed E-state index contributed by atoms with van der Waals surface area (Å²) >= 11 is 0. The minimum absolute atomic E-state index is 0.00907. The van der Waals surface area contributed by atoms with Gasteiger partial charge < -0.3 is 5.32 Å². The fourth-order valence-electron chi connectivity index (χ4n) is 4.41. The lowest BCUT2D eigenvalue weighted by Gasteiger charge is -2.27. The summed E-state index contributed by atoms with van der Waals surface area (Å²) < 4.78 is 134. The highest BCUT2D eigenvalue weighted by Gasteiger charge is 2.49. The maximum Gasteiger partial charge on any atom is 0.451 e. The summed E-state index contributed by atoms with van der Waals surface area (Å²) in [5, 5.41) is 2.21. The number of carbonyl (C=O) groups is 1. The van der Waals surface area contributed by atoms with Crippen LogP contribution in [0, 0.1) is 5.82 Å². The second kappa shape index (κ2) is 11.0. The lowest BCUT2D eigenvalue weighted by Crippen LogP contribution is -2.48. The Labute approximate surface area is 228 Å². The molecular weight excluding hydrogens is 588 g/mol. The van der Waals surface area contributed by atoms with E-state index in [1.54, 1.807) is 0 Å². The Balaban J connectivity index is 1.61. The Kier molecular flexibility index (Phi) is 8.10. The van der Waals surface area contributed by atoms with Gasteiger partial charge in [0.1, 0.15) is 18.0 Å². The van der Waals surface area contributed by atoms with Gasteiger partial charge in [-0.2, -0.15) is 30.6 Å². The molecule has 41 heavy (non-hydrogen) atoms. The number of sulfonamides is 1. The number of nitrogens with one attached hydrogen (secondary N) is 1. The highest BCUT2D eigenvalue weighted by molar-refractivity contribution is 7.89. The highest BCUT2D eigenvalue weighted by Crippen LogP contribution is 2.36. The Morgan fingerprint density at radius 2 is 1.59 bits per heavy atom. The molecule has 7 nitrogen and oxygen atoms in total. The number of rotatable bonds is 6. The van der Waals surface area contributed by atoms with Crippen LogP contribution in [0.1, 0.15) is 30.3 Å². The molecule has 16 heteroatoms. The van der Waals surface area contributed by atoms with E-state index in [0.717, 1.165) is 48.8 Å². The molecule has 0 radical (unpaired) electrons. The fraction of sp³-hybridized carbons (Fsp3) is 0.320. The van der Waals surface area contributed by atoms with Gasteiger partial charge in [0.15, 0.2) is 0 Å². The van der Waals surface area contributed by atoms with Gasteiger partial charge in [-0.15, -0.1) is 0 Å². The highest BCUT2D eigenvalue weighted by atomic mass is 32.2. The molecule has 1 saturated heterocycles. The van der Waals surface area contributed by atoms with Gasteiger partial charge in [0.05, 0.1) is 16.5 Å². The summed E-state index contributed by atoms with van der Waals surface area (Å²) in [6.07, 6.45) is -10.5. The monoisotopic (exact) mass is 608 g/mol. The summed E-state index contributed by atoms with van der Waals surface area (Å²) in [6.45, 7) is 0.436. The molecule has 0 aliphatic carbocycles. The van der Waals surface area contributed by atoms with Crippen molar-refractivity contribution in [3.63, 3.8) is 0 Å². The molecule has 1 fully saturated rings. The first-order chi connectivity index (χ1) is 19.0. The molecule has 220 valence electrons. The zero-order chi connectivity index (χ0) is 30.3. The van der Waals surface area contributed by atoms with Crippen molar-refractivity contribution in [1.29, 1.82) is 0 Å². The number of nitrogens with zero attached hydrogens (tertiary/aromatic N) is 3. The van der Waals surface area contributed by atoms with Crippen LogP contribution in [0.15, 0.2) is 59.8 Å². The first-order valence-electron chi connectivity index (χ1n) is 11.8. The molecule has 4 rings (SSSR count). The average Bonchev–Trinajstić information content (AvgIpc) is 3.21. The molecule has 2 aromatic carbocycles. The number of benzene rings is 2. The molecule has 1 aliphatic heterocycles. The van der Waals surface area contributed by atoms with E-state index in [1.807, 2.05) is 0 Å². The van der Waals surface area contributed by atoms with Gasteiger partial charge in [0.25, 0.3) is 0 Å². The molecule has 3 aromatic rings. The number of alkyl halides is 7. The topological polar surface area (TPSA) is 92.3 Å². The number of amides is 1. The second-order valence-corrected chi connectivity index (χ2v) is 11.0. The van der Waals surface area contributed by atoms with Gasteiger partial charge in [0, 0.05) is 30.9 Å². The number of carbonyl (C=O) groups excluding carboxylic acids is 1. The smallest absolute Gasteiger partial charge is 0.351 e. The lowest BCUT2D eigenvalue weighted by atomic mass is 10.00. The maximum absolute atomic E-state index is 14.6. The molecule has 1 aliphatic rings. The summed E-state index contributed by atoms with van der Waals surface area (Å²) in [4.78, 5) is 19.0. The Morgan fingerprint density at radius 1 is 0.976 bits per heavy atom. The van der Waals surface area contributed by atoms with Crippen molar-refractivity contribution in [2.75, 3.05) is 0 Å². The second-order valence-electron chi connectivity index (χ2n) is 9.18. The van der Waals surface area contributed by atoms with Crippen LogP contribution in [0.25, 0.3) is 11.1 Å². The van der Waals surface area contributed by atoms with E-state index in [1.165, 1.54) is 6.92 Å². The third kappa shape index (κ3) is 6.32. The minimum atomic E-state index is -4.89. The molecule has 3 unspecified atom stereocenters. The fourth-order valence-corrected chi connectivity index (χ4v) is 6.22. The molecule has 3 atom stereocenters. The third-order valence-electron chi connectivity index (χ3n) is 6.47. The molecule has 0 saturated carbocycles. The van der Waals surface area contributed by atoms with Gasteiger partial charge >= 0.3 is 12.4 Å². The van der Waals surface area contributed by atoms with Crippen LogP contribution >= 0.6 is 0 Å². The van der Waals surface area contributed by atoms with E-state index < -0.39 is 87.2 Å². The van der Waals surface area contributed by atoms with Crippen molar-refractivity contribution in [3.8, 4) is 11.1 Å². The SMILES string of the molecule is CC1C(F)CC(C(=O)NCc2cc(-c3cnc(C(F)(F)F)nc3)ccc2C(F)(F)F)N1S(=O)(=O)c1ccc(F)cc1. The van der Waals surface area contributed by atoms with Crippen molar-refractivity contribution < 1.29 is 48.3 Å².